The number of likely N-dealkylation sites (N-methyl/N-ethyl adjacent to an activating group) is 1. The molecule has 1 heterocycles. The van der Waals surface area contributed by atoms with Crippen LogP contribution in [0.25, 0.3) is 0 Å². The Hall–Kier alpha value is -0.620. The maximum atomic E-state index is 12.1. The van der Waals surface area contributed by atoms with Crippen LogP contribution in [0.4, 0.5) is 0 Å². The lowest BCUT2D eigenvalue weighted by Crippen LogP contribution is -2.45. The molecule has 0 spiro atoms. The molecule has 1 amide bonds. The normalized spacial score (nSPS) is 20.3. The second-order valence-electron chi connectivity index (χ2n) is 4.57. The van der Waals surface area contributed by atoms with E-state index in [4.69, 9.17) is 16.3 Å². The summed E-state index contributed by atoms with van der Waals surface area (Å²) < 4.78 is 6.31. The molecule has 0 bridgehead atoms. The van der Waals surface area contributed by atoms with E-state index in [1.54, 1.807) is 18.2 Å². The van der Waals surface area contributed by atoms with E-state index in [1.807, 2.05) is 7.05 Å². The Labute approximate surface area is 126 Å². The van der Waals surface area contributed by atoms with Crippen molar-refractivity contribution in [1.82, 2.24) is 10.2 Å². The molecular weight excluding hydrogens is 332 g/mol. The van der Waals surface area contributed by atoms with Crippen molar-refractivity contribution < 1.29 is 9.53 Å². The number of morpholine rings is 1. The first kappa shape index (κ1) is 14.8. The molecule has 1 unspecified atom stereocenters. The summed E-state index contributed by atoms with van der Waals surface area (Å²) in [5.41, 5.74) is 0.472. The first-order valence-electron chi connectivity index (χ1n) is 6.10. The van der Waals surface area contributed by atoms with Crippen LogP contribution in [0.5, 0.6) is 0 Å². The van der Waals surface area contributed by atoms with E-state index in [0.29, 0.717) is 23.7 Å². The van der Waals surface area contributed by atoms with Gasteiger partial charge in [0.05, 0.1) is 23.3 Å². The highest BCUT2D eigenvalue weighted by Gasteiger charge is 2.19. The zero-order chi connectivity index (χ0) is 13.8. The fourth-order valence-electron chi connectivity index (χ4n) is 1.97. The number of halogens is 2. The second kappa shape index (κ2) is 6.70. The molecule has 0 aromatic heterocycles. The van der Waals surface area contributed by atoms with Crippen LogP contribution < -0.4 is 5.32 Å². The number of ether oxygens (including phenoxy) is 1. The van der Waals surface area contributed by atoms with Crippen LogP contribution in [-0.4, -0.2) is 50.2 Å². The summed E-state index contributed by atoms with van der Waals surface area (Å²) in [6.45, 7) is 2.95. The highest BCUT2D eigenvalue weighted by Crippen LogP contribution is 2.25. The highest BCUT2D eigenvalue weighted by molar-refractivity contribution is 9.10. The third-order valence-electron chi connectivity index (χ3n) is 3.03. The van der Waals surface area contributed by atoms with Crippen LogP contribution in [0.15, 0.2) is 22.7 Å². The first-order chi connectivity index (χ1) is 9.08. The number of rotatable bonds is 3. The van der Waals surface area contributed by atoms with Crippen molar-refractivity contribution in [2.75, 3.05) is 33.3 Å². The fourth-order valence-corrected chi connectivity index (χ4v) is 2.55. The summed E-state index contributed by atoms with van der Waals surface area (Å²) in [4.78, 5) is 14.2. The largest absolute Gasteiger partial charge is 0.374 e. The Morgan fingerprint density at radius 3 is 3.16 bits per heavy atom. The van der Waals surface area contributed by atoms with Gasteiger partial charge in [-0.3, -0.25) is 4.79 Å². The second-order valence-corrected chi connectivity index (χ2v) is 5.80. The average molecular weight is 348 g/mol. The molecule has 0 radical (unpaired) electrons. The summed E-state index contributed by atoms with van der Waals surface area (Å²) in [5, 5.41) is 3.29. The van der Waals surface area contributed by atoms with Crippen molar-refractivity contribution in [1.29, 1.82) is 0 Å². The minimum absolute atomic E-state index is 0.0358. The van der Waals surface area contributed by atoms with Crippen molar-refractivity contribution in [2.45, 2.75) is 6.10 Å². The number of hydrogen-bond donors (Lipinski definition) is 1. The van der Waals surface area contributed by atoms with Gasteiger partial charge in [-0.15, -0.1) is 0 Å². The number of amides is 1. The van der Waals surface area contributed by atoms with Gasteiger partial charge < -0.3 is 15.0 Å². The van der Waals surface area contributed by atoms with Gasteiger partial charge in [0.15, 0.2) is 0 Å². The van der Waals surface area contributed by atoms with E-state index < -0.39 is 0 Å². The number of carbonyl (C=O) groups excluding carboxylic acids is 1. The van der Waals surface area contributed by atoms with E-state index in [-0.39, 0.29) is 12.0 Å². The quantitative estimate of drug-likeness (QED) is 0.911. The topological polar surface area (TPSA) is 41.6 Å². The van der Waals surface area contributed by atoms with Gasteiger partial charge in [-0.05, 0) is 35.1 Å². The number of carbonyl (C=O) groups is 1. The van der Waals surface area contributed by atoms with Crippen molar-refractivity contribution in [2.24, 2.45) is 0 Å². The lowest BCUT2D eigenvalue weighted by molar-refractivity contribution is -0.0175. The summed E-state index contributed by atoms with van der Waals surface area (Å²) in [6, 6.07) is 5.30. The van der Waals surface area contributed by atoms with E-state index in [0.717, 1.165) is 17.6 Å². The predicted molar refractivity (Wildman–Crippen MR) is 78.7 cm³/mol. The van der Waals surface area contributed by atoms with Crippen LogP contribution in [0, 0.1) is 0 Å². The summed E-state index contributed by atoms with van der Waals surface area (Å²) in [5.74, 6) is -0.178. The van der Waals surface area contributed by atoms with E-state index in [9.17, 15) is 4.79 Å². The van der Waals surface area contributed by atoms with Crippen LogP contribution in [0.2, 0.25) is 5.02 Å². The molecule has 2 rings (SSSR count). The number of hydrogen-bond acceptors (Lipinski definition) is 3. The molecule has 104 valence electrons. The Balaban J connectivity index is 1.92. The van der Waals surface area contributed by atoms with Gasteiger partial charge in [-0.25, -0.2) is 0 Å². The van der Waals surface area contributed by atoms with Gasteiger partial charge in [0.2, 0.25) is 0 Å². The molecule has 19 heavy (non-hydrogen) atoms. The molecule has 1 aromatic carbocycles. The molecule has 1 atom stereocenters. The smallest absolute Gasteiger partial charge is 0.252 e. The zero-order valence-corrected chi connectivity index (χ0v) is 13.0. The van der Waals surface area contributed by atoms with Crippen molar-refractivity contribution in [3.05, 3.63) is 33.3 Å². The van der Waals surface area contributed by atoms with Crippen LogP contribution >= 0.6 is 27.5 Å². The molecule has 0 aliphatic carbocycles. The summed E-state index contributed by atoms with van der Waals surface area (Å²) >= 11 is 9.39. The minimum Gasteiger partial charge on any atom is -0.374 e. The molecule has 0 saturated carbocycles. The Morgan fingerprint density at radius 1 is 1.63 bits per heavy atom. The minimum atomic E-state index is -0.178. The molecule has 1 aromatic rings. The SMILES string of the molecule is CN1CCOC(CNC(=O)c2cccc(Br)c2Cl)C1. The Bertz CT molecular complexity index is 470. The average Bonchev–Trinajstić information content (AvgIpc) is 2.39. The van der Waals surface area contributed by atoms with Gasteiger partial charge in [0.25, 0.3) is 5.91 Å². The monoisotopic (exact) mass is 346 g/mol. The standard InChI is InChI=1S/C13H16BrClN2O2/c1-17-5-6-19-9(8-17)7-16-13(18)10-3-2-4-11(14)12(10)15/h2-4,9H,5-8H2,1H3,(H,16,18). The first-order valence-corrected chi connectivity index (χ1v) is 7.27. The maximum absolute atomic E-state index is 12.1. The van der Waals surface area contributed by atoms with Crippen molar-refractivity contribution >= 4 is 33.4 Å². The zero-order valence-electron chi connectivity index (χ0n) is 10.7. The lowest BCUT2D eigenvalue weighted by atomic mass is 10.2. The van der Waals surface area contributed by atoms with Gasteiger partial charge in [-0.2, -0.15) is 0 Å². The molecule has 1 saturated heterocycles. The van der Waals surface area contributed by atoms with Gasteiger partial charge >= 0.3 is 0 Å². The van der Waals surface area contributed by atoms with E-state index in [2.05, 4.69) is 26.1 Å². The molecular formula is C13H16BrClN2O2. The van der Waals surface area contributed by atoms with E-state index in [1.165, 1.54) is 0 Å². The Morgan fingerprint density at radius 2 is 2.42 bits per heavy atom. The number of nitrogens with zero attached hydrogens (tertiary/aromatic N) is 1. The fraction of sp³-hybridized carbons (Fsp3) is 0.462. The third-order valence-corrected chi connectivity index (χ3v) is 4.32. The molecule has 4 nitrogen and oxygen atoms in total. The maximum Gasteiger partial charge on any atom is 0.252 e. The van der Waals surface area contributed by atoms with E-state index >= 15 is 0 Å². The van der Waals surface area contributed by atoms with Crippen molar-refractivity contribution in [3.63, 3.8) is 0 Å². The van der Waals surface area contributed by atoms with Gasteiger partial charge in [0.1, 0.15) is 0 Å². The Kier molecular flexibility index (Phi) is 5.21. The molecule has 1 fully saturated rings. The van der Waals surface area contributed by atoms with Crippen LogP contribution in [0.1, 0.15) is 10.4 Å². The van der Waals surface area contributed by atoms with Crippen LogP contribution in [0.3, 0.4) is 0 Å². The van der Waals surface area contributed by atoms with Crippen LogP contribution in [-0.2, 0) is 4.74 Å². The molecule has 1 aliphatic heterocycles. The lowest BCUT2D eigenvalue weighted by Gasteiger charge is -2.30. The number of benzene rings is 1. The molecule has 1 N–H and O–H groups in total. The van der Waals surface area contributed by atoms with Gasteiger partial charge in [-0.1, -0.05) is 17.7 Å². The molecule has 6 heteroatoms. The molecule has 1 aliphatic rings. The van der Waals surface area contributed by atoms with Crippen molar-refractivity contribution in [3.8, 4) is 0 Å². The highest BCUT2D eigenvalue weighted by atomic mass is 79.9. The summed E-state index contributed by atoms with van der Waals surface area (Å²) in [7, 11) is 2.04. The van der Waals surface area contributed by atoms with Gasteiger partial charge in [0, 0.05) is 24.1 Å². The third kappa shape index (κ3) is 3.92. The number of nitrogens with one attached hydrogen (secondary N) is 1. The summed E-state index contributed by atoms with van der Waals surface area (Å²) in [6.07, 6.45) is 0.0358. The predicted octanol–water partition coefficient (Wildman–Crippen LogP) is 2.16.